The summed E-state index contributed by atoms with van der Waals surface area (Å²) >= 11 is 0. The van der Waals surface area contributed by atoms with Gasteiger partial charge in [0.1, 0.15) is 6.54 Å². The molecule has 0 spiro atoms. The van der Waals surface area contributed by atoms with E-state index in [1.807, 2.05) is 0 Å². The van der Waals surface area contributed by atoms with Crippen molar-refractivity contribution in [3.05, 3.63) is 0 Å². The van der Waals surface area contributed by atoms with Crippen LogP contribution in [0.5, 0.6) is 0 Å². The molecule has 1 saturated carbocycles. The topological polar surface area (TPSA) is 52.7 Å². The molecule has 1 saturated heterocycles. The van der Waals surface area contributed by atoms with Gasteiger partial charge in [-0.1, -0.05) is 13.8 Å². The first kappa shape index (κ1) is 16.9. The Balaban J connectivity index is 1.75. The van der Waals surface area contributed by atoms with Gasteiger partial charge < -0.3 is 15.1 Å². The first-order valence-electron chi connectivity index (χ1n) is 7.43. The van der Waals surface area contributed by atoms with Gasteiger partial charge in [0.25, 0.3) is 0 Å². The molecule has 2 unspecified atom stereocenters. The average Bonchev–Trinajstić information content (AvgIpc) is 2.82. The van der Waals surface area contributed by atoms with Gasteiger partial charge in [0.15, 0.2) is 0 Å². The minimum Gasteiger partial charge on any atom is -0.341 e. The standard InChI is InChI=1S/C14H22F3N3O2/c1-4-19(8-14(15,16)17)12(22)18-5-11(21)20-6-9-10(7-20)13(9,2)3/h9-10H,4-8H2,1-3H3,(H,18,22). The van der Waals surface area contributed by atoms with Crippen molar-refractivity contribution in [2.45, 2.75) is 26.9 Å². The van der Waals surface area contributed by atoms with Crippen molar-refractivity contribution in [3.8, 4) is 0 Å². The summed E-state index contributed by atoms with van der Waals surface area (Å²) in [5.41, 5.74) is 0.283. The summed E-state index contributed by atoms with van der Waals surface area (Å²) in [7, 11) is 0. The van der Waals surface area contributed by atoms with Gasteiger partial charge in [0.05, 0.1) is 6.54 Å². The van der Waals surface area contributed by atoms with E-state index < -0.39 is 18.8 Å². The number of rotatable bonds is 4. The van der Waals surface area contributed by atoms with Gasteiger partial charge in [-0.25, -0.2) is 4.79 Å². The van der Waals surface area contributed by atoms with Crippen LogP contribution < -0.4 is 5.32 Å². The number of carbonyl (C=O) groups excluding carboxylic acids is 2. The van der Waals surface area contributed by atoms with E-state index in [0.717, 1.165) is 0 Å². The third-order valence-electron chi connectivity index (χ3n) is 4.90. The Morgan fingerprint density at radius 1 is 1.27 bits per heavy atom. The lowest BCUT2D eigenvalue weighted by molar-refractivity contribution is -0.139. The summed E-state index contributed by atoms with van der Waals surface area (Å²) < 4.78 is 37.0. The summed E-state index contributed by atoms with van der Waals surface area (Å²) in [6.45, 7) is 5.51. The number of nitrogens with zero attached hydrogens (tertiary/aromatic N) is 2. The molecule has 2 atom stereocenters. The number of hydrogen-bond acceptors (Lipinski definition) is 2. The number of nitrogens with one attached hydrogen (secondary N) is 1. The highest BCUT2D eigenvalue weighted by molar-refractivity contribution is 5.84. The third-order valence-corrected chi connectivity index (χ3v) is 4.90. The van der Waals surface area contributed by atoms with Crippen molar-refractivity contribution >= 4 is 11.9 Å². The molecule has 0 aromatic carbocycles. The van der Waals surface area contributed by atoms with Crippen LogP contribution >= 0.6 is 0 Å². The number of fused-ring (bicyclic) bond motifs is 1. The van der Waals surface area contributed by atoms with Gasteiger partial charge in [0.2, 0.25) is 5.91 Å². The van der Waals surface area contributed by atoms with Gasteiger partial charge in [-0.2, -0.15) is 13.2 Å². The van der Waals surface area contributed by atoms with Crippen LogP contribution in [-0.2, 0) is 4.79 Å². The van der Waals surface area contributed by atoms with Gasteiger partial charge in [-0.15, -0.1) is 0 Å². The summed E-state index contributed by atoms with van der Waals surface area (Å²) in [5, 5.41) is 2.28. The predicted molar refractivity (Wildman–Crippen MR) is 74.0 cm³/mol. The number of likely N-dealkylation sites (tertiary alicyclic amines) is 1. The second kappa shape index (κ2) is 5.62. The molecule has 1 aliphatic carbocycles. The van der Waals surface area contributed by atoms with Crippen molar-refractivity contribution in [1.82, 2.24) is 15.1 Å². The van der Waals surface area contributed by atoms with E-state index in [4.69, 9.17) is 0 Å². The van der Waals surface area contributed by atoms with Crippen LogP contribution in [0.4, 0.5) is 18.0 Å². The second-order valence-electron chi connectivity index (χ2n) is 6.62. The molecule has 22 heavy (non-hydrogen) atoms. The number of halogens is 3. The number of piperidine rings is 1. The Morgan fingerprint density at radius 3 is 2.27 bits per heavy atom. The van der Waals surface area contributed by atoms with Crippen molar-refractivity contribution in [3.63, 3.8) is 0 Å². The number of hydrogen-bond donors (Lipinski definition) is 1. The van der Waals surface area contributed by atoms with E-state index in [0.29, 0.717) is 29.8 Å². The fraction of sp³-hybridized carbons (Fsp3) is 0.857. The molecule has 0 bridgehead atoms. The minimum atomic E-state index is -4.45. The van der Waals surface area contributed by atoms with Crippen LogP contribution in [0.3, 0.4) is 0 Å². The fourth-order valence-corrected chi connectivity index (χ4v) is 3.25. The minimum absolute atomic E-state index is 0.0679. The van der Waals surface area contributed by atoms with Crippen molar-refractivity contribution in [1.29, 1.82) is 0 Å². The highest BCUT2D eigenvalue weighted by atomic mass is 19.4. The second-order valence-corrected chi connectivity index (χ2v) is 6.62. The molecular formula is C14H22F3N3O2. The van der Waals surface area contributed by atoms with E-state index in [1.165, 1.54) is 6.92 Å². The lowest BCUT2D eigenvalue weighted by atomic mass is 10.1. The molecule has 2 aliphatic rings. The van der Waals surface area contributed by atoms with Gasteiger partial charge in [0, 0.05) is 19.6 Å². The Morgan fingerprint density at radius 2 is 1.82 bits per heavy atom. The number of amides is 3. The summed E-state index contributed by atoms with van der Waals surface area (Å²) in [5.74, 6) is 0.772. The number of alkyl halides is 3. The maximum atomic E-state index is 12.3. The Hall–Kier alpha value is -1.47. The average molecular weight is 321 g/mol. The van der Waals surface area contributed by atoms with Gasteiger partial charge in [-0.3, -0.25) is 4.79 Å². The molecule has 1 aliphatic heterocycles. The van der Waals surface area contributed by atoms with Crippen LogP contribution in [0.2, 0.25) is 0 Å². The fourth-order valence-electron chi connectivity index (χ4n) is 3.25. The summed E-state index contributed by atoms with van der Waals surface area (Å²) in [6, 6.07) is -0.863. The van der Waals surface area contributed by atoms with E-state index in [2.05, 4.69) is 19.2 Å². The Bertz CT molecular complexity index is 451. The molecular weight excluding hydrogens is 299 g/mol. The molecule has 0 aromatic heterocycles. The van der Waals surface area contributed by atoms with Gasteiger partial charge >= 0.3 is 12.2 Å². The van der Waals surface area contributed by atoms with Crippen molar-refractivity contribution in [2.24, 2.45) is 17.3 Å². The molecule has 2 fully saturated rings. The largest absolute Gasteiger partial charge is 0.406 e. The normalized spacial score (nSPS) is 25.6. The zero-order chi connectivity index (χ0) is 16.7. The van der Waals surface area contributed by atoms with Crippen LogP contribution in [-0.4, -0.2) is 60.6 Å². The zero-order valence-corrected chi connectivity index (χ0v) is 13.0. The molecule has 8 heteroatoms. The van der Waals surface area contributed by atoms with E-state index in [9.17, 15) is 22.8 Å². The number of urea groups is 1. The maximum Gasteiger partial charge on any atom is 0.406 e. The maximum absolute atomic E-state index is 12.3. The molecule has 126 valence electrons. The SMILES string of the molecule is CCN(CC(F)(F)F)C(=O)NCC(=O)N1CC2C(C1)C2(C)C. The molecule has 0 radical (unpaired) electrons. The molecule has 2 rings (SSSR count). The summed E-state index contributed by atoms with van der Waals surface area (Å²) in [4.78, 5) is 26.0. The van der Waals surface area contributed by atoms with Crippen LogP contribution in [0.15, 0.2) is 0 Å². The highest BCUT2D eigenvalue weighted by Gasteiger charge is 2.62. The van der Waals surface area contributed by atoms with Crippen LogP contribution in [0.1, 0.15) is 20.8 Å². The number of carbonyl (C=O) groups is 2. The molecule has 1 N–H and O–H groups in total. The predicted octanol–water partition coefficient (Wildman–Crippen LogP) is 1.69. The highest BCUT2D eigenvalue weighted by Crippen LogP contribution is 2.61. The quantitative estimate of drug-likeness (QED) is 0.857. The molecule has 3 amide bonds. The van der Waals surface area contributed by atoms with E-state index in [-0.39, 0.29) is 24.4 Å². The monoisotopic (exact) mass is 321 g/mol. The van der Waals surface area contributed by atoms with Crippen molar-refractivity contribution < 1.29 is 22.8 Å². The Labute approximate surface area is 127 Å². The lowest BCUT2D eigenvalue weighted by Gasteiger charge is -2.25. The van der Waals surface area contributed by atoms with Crippen LogP contribution in [0.25, 0.3) is 0 Å². The smallest absolute Gasteiger partial charge is 0.341 e. The van der Waals surface area contributed by atoms with Crippen LogP contribution in [0, 0.1) is 17.3 Å². The van der Waals surface area contributed by atoms with Crippen molar-refractivity contribution in [2.75, 3.05) is 32.7 Å². The zero-order valence-electron chi connectivity index (χ0n) is 13.0. The lowest BCUT2D eigenvalue weighted by Crippen LogP contribution is -2.48. The first-order valence-corrected chi connectivity index (χ1v) is 7.43. The summed E-state index contributed by atoms with van der Waals surface area (Å²) in [6.07, 6.45) is -4.45. The molecule has 5 nitrogen and oxygen atoms in total. The Kier molecular flexibility index (Phi) is 4.32. The van der Waals surface area contributed by atoms with E-state index >= 15 is 0 Å². The molecule has 1 heterocycles. The first-order chi connectivity index (χ1) is 10.1. The van der Waals surface area contributed by atoms with Gasteiger partial charge in [-0.05, 0) is 24.2 Å². The van der Waals surface area contributed by atoms with E-state index in [1.54, 1.807) is 4.90 Å². The third kappa shape index (κ3) is 3.47. The molecule has 0 aromatic rings.